The molecule has 1 N–H and O–H groups in total. The van der Waals surface area contributed by atoms with Gasteiger partial charge >= 0.3 is 0 Å². The van der Waals surface area contributed by atoms with Crippen LogP contribution >= 0.6 is 0 Å². The van der Waals surface area contributed by atoms with Gasteiger partial charge in [-0.1, -0.05) is 61.0 Å². The first kappa shape index (κ1) is 21.1. The maximum Gasteiger partial charge on any atom is 0.235 e. The van der Waals surface area contributed by atoms with Crippen LogP contribution in [0.1, 0.15) is 42.1 Å². The van der Waals surface area contributed by atoms with Gasteiger partial charge < -0.3 is 5.32 Å². The van der Waals surface area contributed by atoms with E-state index in [1.165, 1.54) is 9.87 Å². The Balaban J connectivity index is 2.03. The summed E-state index contributed by atoms with van der Waals surface area (Å²) >= 11 is 0. The predicted octanol–water partition coefficient (Wildman–Crippen LogP) is 3.20. The van der Waals surface area contributed by atoms with Gasteiger partial charge in [0.2, 0.25) is 15.9 Å². The molecular weight excluding hydrogens is 360 g/mol. The number of sulfonamides is 1. The third-order valence-corrected chi connectivity index (χ3v) is 5.73. The van der Waals surface area contributed by atoms with Crippen LogP contribution in [0.5, 0.6) is 0 Å². The van der Waals surface area contributed by atoms with Crippen LogP contribution in [0.4, 0.5) is 0 Å². The lowest BCUT2D eigenvalue weighted by Gasteiger charge is -2.21. The van der Waals surface area contributed by atoms with Crippen LogP contribution in [-0.2, 0) is 27.8 Å². The number of nitrogens with one attached hydrogen (secondary N) is 1. The van der Waals surface area contributed by atoms with Crippen molar-refractivity contribution in [3.63, 3.8) is 0 Å². The number of aryl methyl sites for hydroxylation is 2. The molecule has 6 heteroatoms. The second-order valence-corrected chi connectivity index (χ2v) is 8.88. The van der Waals surface area contributed by atoms with Gasteiger partial charge in [0.25, 0.3) is 0 Å². The first-order chi connectivity index (χ1) is 12.7. The molecule has 0 spiro atoms. The van der Waals surface area contributed by atoms with E-state index in [9.17, 15) is 13.2 Å². The van der Waals surface area contributed by atoms with E-state index in [1.54, 1.807) is 0 Å². The Morgan fingerprint density at radius 3 is 2.11 bits per heavy atom. The van der Waals surface area contributed by atoms with Gasteiger partial charge in [0.05, 0.1) is 18.8 Å². The van der Waals surface area contributed by atoms with Crippen LogP contribution in [-0.4, -0.2) is 31.4 Å². The number of hydrogen-bond donors (Lipinski definition) is 1. The minimum absolute atomic E-state index is 0.173. The molecule has 0 aliphatic carbocycles. The fourth-order valence-corrected chi connectivity index (χ4v) is 3.50. The molecule has 2 aromatic carbocycles. The average Bonchev–Trinajstić information content (AvgIpc) is 2.62. The summed E-state index contributed by atoms with van der Waals surface area (Å²) in [5, 5.41) is 2.89. The van der Waals surface area contributed by atoms with Crippen LogP contribution in [0.25, 0.3) is 0 Å². The molecule has 0 radical (unpaired) electrons. The number of carbonyl (C=O) groups excluding carboxylic acids is 1. The van der Waals surface area contributed by atoms with Crippen molar-refractivity contribution in [3.8, 4) is 0 Å². The smallest absolute Gasteiger partial charge is 0.235 e. The number of hydrogen-bond acceptors (Lipinski definition) is 3. The summed E-state index contributed by atoms with van der Waals surface area (Å²) in [4.78, 5) is 12.4. The first-order valence-electron chi connectivity index (χ1n) is 9.08. The highest BCUT2D eigenvalue weighted by Crippen LogP contribution is 2.14. The summed E-state index contributed by atoms with van der Waals surface area (Å²) in [6, 6.07) is 15.5. The molecule has 2 rings (SSSR count). The van der Waals surface area contributed by atoms with E-state index in [-0.39, 0.29) is 25.0 Å². The lowest BCUT2D eigenvalue weighted by atomic mass is 10.1. The van der Waals surface area contributed by atoms with Crippen LogP contribution in [0.2, 0.25) is 0 Å². The Bertz CT molecular complexity index is 859. The second-order valence-electron chi connectivity index (χ2n) is 6.90. The van der Waals surface area contributed by atoms with Gasteiger partial charge in [-0.2, -0.15) is 4.31 Å². The number of amides is 1. The average molecular weight is 389 g/mol. The van der Waals surface area contributed by atoms with Crippen molar-refractivity contribution >= 4 is 15.9 Å². The highest BCUT2D eigenvalue weighted by atomic mass is 32.2. The van der Waals surface area contributed by atoms with Gasteiger partial charge in [-0.05, 0) is 37.0 Å². The van der Waals surface area contributed by atoms with Gasteiger partial charge in [0.1, 0.15) is 0 Å². The molecule has 0 bridgehead atoms. The second kappa shape index (κ2) is 9.15. The molecule has 0 aliphatic heterocycles. The normalized spacial score (nSPS) is 12.8. The molecule has 1 amide bonds. The molecule has 146 valence electrons. The SMILES string of the molecule is CCc1ccc([C@@H](C)NC(=O)CN(Cc2ccc(C)cc2)S(C)(=O)=O)cc1. The van der Waals surface area contributed by atoms with Crippen molar-refractivity contribution in [3.05, 3.63) is 70.8 Å². The highest BCUT2D eigenvalue weighted by Gasteiger charge is 2.21. The fourth-order valence-electron chi connectivity index (χ4n) is 2.76. The maximum atomic E-state index is 12.4. The Morgan fingerprint density at radius 1 is 1.04 bits per heavy atom. The third kappa shape index (κ3) is 6.48. The molecule has 0 saturated heterocycles. The monoisotopic (exact) mass is 388 g/mol. The van der Waals surface area contributed by atoms with E-state index >= 15 is 0 Å². The summed E-state index contributed by atoms with van der Waals surface area (Å²) in [5.41, 5.74) is 4.18. The molecule has 5 nitrogen and oxygen atoms in total. The topological polar surface area (TPSA) is 66.5 Å². The Labute approximate surface area is 162 Å². The van der Waals surface area contributed by atoms with E-state index < -0.39 is 10.0 Å². The summed E-state index contributed by atoms with van der Waals surface area (Å²) < 4.78 is 25.4. The third-order valence-electron chi connectivity index (χ3n) is 4.53. The van der Waals surface area contributed by atoms with Crippen molar-refractivity contribution in [1.82, 2.24) is 9.62 Å². The van der Waals surface area contributed by atoms with Gasteiger partial charge in [-0.25, -0.2) is 8.42 Å². The zero-order valence-corrected chi connectivity index (χ0v) is 17.2. The Hall–Kier alpha value is -2.18. The molecule has 0 aromatic heterocycles. The number of nitrogens with zero attached hydrogens (tertiary/aromatic N) is 1. The quantitative estimate of drug-likeness (QED) is 0.755. The fraction of sp³-hybridized carbons (Fsp3) is 0.381. The maximum absolute atomic E-state index is 12.4. The van der Waals surface area contributed by atoms with E-state index in [2.05, 4.69) is 12.2 Å². The standard InChI is InChI=1S/C21H28N2O3S/c1-5-18-10-12-20(13-11-18)17(3)22-21(24)15-23(27(4,25)26)14-19-8-6-16(2)7-9-19/h6-13,17H,5,14-15H2,1-4H3,(H,22,24)/t17-/m1/s1. The highest BCUT2D eigenvalue weighted by molar-refractivity contribution is 7.88. The molecule has 0 saturated carbocycles. The first-order valence-corrected chi connectivity index (χ1v) is 10.9. The molecule has 0 heterocycles. The zero-order valence-electron chi connectivity index (χ0n) is 16.4. The lowest BCUT2D eigenvalue weighted by Crippen LogP contribution is -2.40. The zero-order chi connectivity index (χ0) is 20.0. The number of rotatable bonds is 8. The molecule has 2 aromatic rings. The number of carbonyl (C=O) groups is 1. The summed E-state index contributed by atoms with van der Waals surface area (Å²) in [6.07, 6.45) is 2.09. The molecule has 1 atom stereocenters. The molecule has 0 fully saturated rings. The van der Waals surface area contributed by atoms with Crippen LogP contribution in [0, 0.1) is 6.92 Å². The molecule has 27 heavy (non-hydrogen) atoms. The lowest BCUT2D eigenvalue weighted by molar-refractivity contribution is -0.122. The Kier molecular flexibility index (Phi) is 7.16. The van der Waals surface area contributed by atoms with E-state index in [0.717, 1.165) is 29.4 Å². The molecule has 0 aliphatic rings. The van der Waals surface area contributed by atoms with Gasteiger partial charge in [0.15, 0.2) is 0 Å². The van der Waals surface area contributed by atoms with Crippen LogP contribution in [0.3, 0.4) is 0 Å². The van der Waals surface area contributed by atoms with Gasteiger partial charge in [-0.3, -0.25) is 4.79 Å². The summed E-state index contributed by atoms with van der Waals surface area (Å²) in [6.45, 7) is 5.92. The van der Waals surface area contributed by atoms with Crippen molar-refractivity contribution in [2.75, 3.05) is 12.8 Å². The number of benzene rings is 2. The van der Waals surface area contributed by atoms with Crippen LogP contribution < -0.4 is 5.32 Å². The molecule has 0 unspecified atom stereocenters. The van der Waals surface area contributed by atoms with Crippen molar-refractivity contribution in [2.45, 2.75) is 39.8 Å². The van der Waals surface area contributed by atoms with Crippen molar-refractivity contribution in [2.24, 2.45) is 0 Å². The summed E-state index contributed by atoms with van der Waals surface area (Å²) in [7, 11) is -3.51. The minimum atomic E-state index is -3.51. The predicted molar refractivity (Wildman–Crippen MR) is 109 cm³/mol. The van der Waals surface area contributed by atoms with Gasteiger partial charge in [0, 0.05) is 6.54 Å². The Morgan fingerprint density at radius 2 is 1.59 bits per heavy atom. The minimum Gasteiger partial charge on any atom is -0.348 e. The molecular formula is C21H28N2O3S. The van der Waals surface area contributed by atoms with Crippen molar-refractivity contribution in [1.29, 1.82) is 0 Å². The van der Waals surface area contributed by atoms with Crippen molar-refractivity contribution < 1.29 is 13.2 Å². The van der Waals surface area contributed by atoms with Crippen LogP contribution in [0.15, 0.2) is 48.5 Å². The van der Waals surface area contributed by atoms with Gasteiger partial charge in [-0.15, -0.1) is 0 Å². The summed E-state index contributed by atoms with van der Waals surface area (Å²) in [5.74, 6) is -0.320. The van der Waals surface area contributed by atoms with E-state index in [0.29, 0.717) is 0 Å². The van der Waals surface area contributed by atoms with E-state index in [1.807, 2.05) is 62.4 Å². The van der Waals surface area contributed by atoms with E-state index in [4.69, 9.17) is 0 Å². The largest absolute Gasteiger partial charge is 0.348 e.